The molecule has 0 heterocycles. The van der Waals surface area contributed by atoms with Gasteiger partial charge >= 0.3 is 0 Å². The fourth-order valence-corrected chi connectivity index (χ4v) is 2.87. The molecule has 0 aromatic heterocycles. The van der Waals surface area contributed by atoms with Crippen molar-refractivity contribution in [3.05, 3.63) is 58.1 Å². The maximum Gasteiger partial charge on any atom is 0.244 e. The lowest BCUT2D eigenvalue weighted by Crippen LogP contribution is -2.38. The molecule has 26 heavy (non-hydrogen) atoms. The lowest BCUT2D eigenvalue weighted by Gasteiger charge is -2.21. The second-order valence-corrected chi connectivity index (χ2v) is 6.39. The first-order valence-electron chi connectivity index (χ1n) is 8.09. The Morgan fingerprint density at radius 2 is 1.69 bits per heavy atom. The Morgan fingerprint density at radius 1 is 1.08 bits per heavy atom. The van der Waals surface area contributed by atoms with Crippen LogP contribution >= 0.6 is 23.2 Å². The molecule has 0 bridgehead atoms. The van der Waals surface area contributed by atoms with E-state index in [-0.39, 0.29) is 24.8 Å². The molecule has 0 aliphatic rings. The molecule has 0 aliphatic carbocycles. The molecule has 2 aromatic rings. The number of para-hydroxylation sites is 1. The standard InChI is InChI=1S/C19H20Cl2N2O3/c1-3-23(18(25)11-13-7-9-14(26-2)10-8-13)12-17(24)22-19-15(20)5-4-6-16(19)21/h4-10H,3,11-12H2,1-2H3,(H,22,24). The molecule has 0 fully saturated rings. The van der Waals surface area contributed by atoms with Gasteiger partial charge in [0.05, 0.1) is 35.8 Å². The predicted molar refractivity (Wildman–Crippen MR) is 104 cm³/mol. The first-order chi connectivity index (χ1) is 12.4. The van der Waals surface area contributed by atoms with Crippen LogP contribution in [0.2, 0.25) is 10.0 Å². The molecule has 0 saturated heterocycles. The van der Waals surface area contributed by atoms with Crippen molar-refractivity contribution in [2.45, 2.75) is 13.3 Å². The summed E-state index contributed by atoms with van der Waals surface area (Å²) in [6.07, 6.45) is 0.206. The van der Waals surface area contributed by atoms with E-state index in [2.05, 4.69) is 5.32 Å². The van der Waals surface area contributed by atoms with E-state index in [1.807, 2.05) is 19.1 Å². The third-order valence-electron chi connectivity index (χ3n) is 3.81. The predicted octanol–water partition coefficient (Wildman–Crippen LogP) is 4.03. The highest BCUT2D eigenvalue weighted by Gasteiger charge is 2.17. The topological polar surface area (TPSA) is 58.6 Å². The summed E-state index contributed by atoms with van der Waals surface area (Å²) in [5.41, 5.74) is 1.20. The van der Waals surface area contributed by atoms with Crippen LogP contribution in [0.5, 0.6) is 5.75 Å². The zero-order chi connectivity index (χ0) is 19.1. The van der Waals surface area contributed by atoms with E-state index >= 15 is 0 Å². The second-order valence-electron chi connectivity index (χ2n) is 5.58. The highest BCUT2D eigenvalue weighted by Crippen LogP contribution is 2.29. The number of nitrogens with one attached hydrogen (secondary N) is 1. The van der Waals surface area contributed by atoms with Gasteiger partial charge in [0.15, 0.2) is 0 Å². The normalized spacial score (nSPS) is 10.3. The van der Waals surface area contributed by atoms with E-state index in [0.29, 0.717) is 22.3 Å². The number of likely N-dealkylation sites (N-methyl/N-ethyl adjacent to an activating group) is 1. The number of halogens is 2. The minimum Gasteiger partial charge on any atom is -0.497 e. The SMILES string of the molecule is CCN(CC(=O)Nc1c(Cl)cccc1Cl)C(=O)Cc1ccc(OC)cc1. The van der Waals surface area contributed by atoms with Gasteiger partial charge in [0.2, 0.25) is 11.8 Å². The largest absolute Gasteiger partial charge is 0.497 e. The minimum atomic E-state index is -0.357. The van der Waals surface area contributed by atoms with Crippen molar-refractivity contribution in [2.24, 2.45) is 0 Å². The molecule has 0 radical (unpaired) electrons. The number of carbonyl (C=O) groups is 2. The number of hydrogen-bond acceptors (Lipinski definition) is 3. The van der Waals surface area contributed by atoms with Crippen molar-refractivity contribution >= 4 is 40.7 Å². The van der Waals surface area contributed by atoms with Crippen LogP contribution in [-0.4, -0.2) is 36.9 Å². The Morgan fingerprint density at radius 3 is 2.23 bits per heavy atom. The molecule has 0 atom stereocenters. The molecule has 7 heteroatoms. The second kappa shape index (κ2) is 9.46. The van der Waals surface area contributed by atoms with Crippen LogP contribution < -0.4 is 10.1 Å². The third-order valence-corrected chi connectivity index (χ3v) is 4.44. The summed E-state index contributed by atoms with van der Waals surface area (Å²) >= 11 is 12.1. The Kier molecular flexibility index (Phi) is 7.30. The number of ether oxygens (including phenoxy) is 1. The first kappa shape index (κ1) is 20.1. The fraction of sp³-hybridized carbons (Fsp3) is 0.263. The summed E-state index contributed by atoms with van der Waals surface area (Å²) in [6.45, 7) is 2.16. The Labute approximate surface area is 162 Å². The maximum atomic E-state index is 12.5. The van der Waals surface area contributed by atoms with Crippen molar-refractivity contribution in [3.8, 4) is 5.75 Å². The van der Waals surface area contributed by atoms with Crippen molar-refractivity contribution in [3.63, 3.8) is 0 Å². The number of rotatable bonds is 7. The number of carbonyl (C=O) groups excluding carboxylic acids is 2. The minimum absolute atomic E-state index is 0.0763. The maximum absolute atomic E-state index is 12.5. The molecule has 2 amide bonds. The lowest BCUT2D eigenvalue weighted by molar-refractivity contribution is -0.133. The molecule has 1 N–H and O–H groups in total. The van der Waals surface area contributed by atoms with Gasteiger partial charge in [-0.1, -0.05) is 41.4 Å². The van der Waals surface area contributed by atoms with Gasteiger partial charge in [-0.3, -0.25) is 9.59 Å². The van der Waals surface area contributed by atoms with Crippen LogP contribution in [-0.2, 0) is 16.0 Å². The number of amides is 2. The number of anilines is 1. The van der Waals surface area contributed by atoms with E-state index in [9.17, 15) is 9.59 Å². The molecule has 0 unspecified atom stereocenters. The smallest absolute Gasteiger partial charge is 0.244 e. The van der Waals surface area contributed by atoms with E-state index in [1.165, 1.54) is 4.90 Å². The van der Waals surface area contributed by atoms with Crippen molar-refractivity contribution < 1.29 is 14.3 Å². The van der Waals surface area contributed by atoms with Gasteiger partial charge in [-0.25, -0.2) is 0 Å². The van der Waals surface area contributed by atoms with Gasteiger partial charge in [0.1, 0.15) is 5.75 Å². The molecule has 2 aromatic carbocycles. The van der Waals surface area contributed by atoms with Crippen molar-refractivity contribution in [1.82, 2.24) is 4.90 Å². The summed E-state index contributed by atoms with van der Waals surface area (Å²) in [5.74, 6) is 0.229. The monoisotopic (exact) mass is 394 g/mol. The average molecular weight is 395 g/mol. The number of benzene rings is 2. The lowest BCUT2D eigenvalue weighted by atomic mass is 10.1. The zero-order valence-electron chi connectivity index (χ0n) is 14.6. The summed E-state index contributed by atoms with van der Waals surface area (Å²) in [6, 6.07) is 12.2. The number of methoxy groups -OCH3 is 1. The molecule has 0 spiro atoms. The highest BCUT2D eigenvalue weighted by molar-refractivity contribution is 6.39. The highest BCUT2D eigenvalue weighted by atomic mass is 35.5. The van der Waals surface area contributed by atoms with Gasteiger partial charge in [-0.2, -0.15) is 0 Å². The number of hydrogen-bond donors (Lipinski definition) is 1. The van der Waals surface area contributed by atoms with Crippen LogP contribution in [0, 0.1) is 0 Å². The molecule has 0 saturated carbocycles. The van der Waals surface area contributed by atoms with Crippen LogP contribution in [0.1, 0.15) is 12.5 Å². The molecule has 138 valence electrons. The molecule has 0 aliphatic heterocycles. The summed E-state index contributed by atoms with van der Waals surface area (Å²) in [4.78, 5) is 26.2. The van der Waals surface area contributed by atoms with E-state index in [1.54, 1.807) is 37.4 Å². The summed E-state index contributed by atoms with van der Waals surface area (Å²) in [5, 5.41) is 3.36. The Hall–Kier alpha value is -2.24. The molecule has 2 rings (SSSR count). The molecular weight excluding hydrogens is 375 g/mol. The Balaban J connectivity index is 1.98. The van der Waals surface area contributed by atoms with Crippen molar-refractivity contribution in [2.75, 3.05) is 25.5 Å². The van der Waals surface area contributed by atoms with Gasteiger partial charge in [-0.05, 0) is 36.8 Å². The summed E-state index contributed by atoms with van der Waals surface area (Å²) < 4.78 is 5.10. The fourth-order valence-electron chi connectivity index (χ4n) is 2.38. The van der Waals surface area contributed by atoms with E-state index < -0.39 is 0 Å². The van der Waals surface area contributed by atoms with Crippen LogP contribution in [0.4, 0.5) is 5.69 Å². The summed E-state index contributed by atoms with van der Waals surface area (Å²) in [7, 11) is 1.59. The van der Waals surface area contributed by atoms with Gasteiger partial charge in [-0.15, -0.1) is 0 Å². The van der Waals surface area contributed by atoms with E-state index in [4.69, 9.17) is 27.9 Å². The molecular formula is C19H20Cl2N2O3. The van der Waals surface area contributed by atoms with Gasteiger partial charge in [0, 0.05) is 6.54 Å². The van der Waals surface area contributed by atoms with E-state index in [0.717, 1.165) is 11.3 Å². The number of nitrogens with zero attached hydrogens (tertiary/aromatic N) is 1. The van der Waals surface area contributed by atoms with Crippen LogP contribution in [0.3, 0.4) is 0 Å². The third kappa shape index (κ3) is 5.38. The quantitative estimate of drug-likeness (QED) is 0.770. The van der Waals surface area contributed by atoms with Crippen LogP contribution in [0.15, 0.2) is 42.5 Å². The first-order valence-corrected chi connectivity index (χ1v) is 8.84. The average Bonchev–Trinajstić information content (AvgIpc) is 2.63. The van der Waals surface area contributed by atoms with Gasteiger partial charge in [0.25, 0.3) is 0 Å². The van der Waals surface area contributed by atoms with Crippen molar-refractivity contribution in [1.29, 1.82) is 0 Å². The van der Waals surface area contributed by atoms with Crippen LogP contribution in [0.25, 0.3) is 0 Å². The van der Waals surface area contributed by atoms with Gasteiger partial charge < -0.3 is 15.0 Å². The molecule has 5 nitrogen and oxygen atoms in total. The zero-order valence-corrected chi connectivity index (χ0v) is 16.1. The Bertz CT molecular complexity index is 759.